The number of esters is 1. The third-order valence-electron chi connectivity index (χ3n) is 3.64. The summed E-state index contributed by atoms with van der Waals surface area (Å²) in [5.41, 5.74) is -0.387. The topological polar surface area (TPSA) is 94.5 Å². The number of hydrogen-bond acceptors (Lipinski definition) is 6. The van der Waals surface area contributed by atoms with E-state index in [-0.39, 0.29) is 30.3 Å². The minimum atomic E-state index is -0.933. The Kier molecular flexibility index (Phi) is 7.65. The molecule has 8 nitrogen and oxygen atoms in total. The molecule has 0 spiro atoms. The Morgan fingerprint density at radius 1 is 1.54 bits per heavy atom. The lowest BCUT2D eigenvalue weighted by molar-refractivity contribution is -0.152. The fourth-order valence-corrected chi connectivity index (χ4v) is 2.28. The van der Waals surface area contributed by atoms with Crippen LogP contribution in [0.25, 0.3) is 0 Å². The van der Waals surface area contributed by atoms with Gasteiger partial charge >= 0.3 is 5.97 Å². The van der Waals surface area contributed by atoms with Gasteiger partial charge in [0.15, 0.2) is 5.54 Å². The average molecular weight is 361 g/mol. The van der Waals surface area contributed by atoms with Gasteiger partial charge in [-0.2, -0.15) is 5.10 Å². The number of anilines is 1. The van der Waals surface area contributed by atoms with Gasteiger partial charge < -0.3 is 20.1 Å². The summed E-state index contributed by atoms with van der Waals surface area (Å²) < 4.78 is 11.9. The van der Waals surface area contributed by atoms with Crippen molar-refractivity contribution in [2.45, 2.75) is 38.8 Å². The molecule has 1 aromatic heterocycles. The Hall–Kier alpha value is -1.64. The Morgan fingerprint density at radius 3 is 2.92 bits per heavy atom. The van der Waals surface area contributed by atoms with E-state index in [1.807, 2.05) is 0 Å². The van der Waals surface area contributed by atoms with Crippen molar-refractivity contribution in [3.63, 3.8) is 0 Å². The first-order valence-corrected chi connectivity index (χ1v) is 7.77. The maximum Gasteiger partial charge on any atom is 0.333 e. The highest BCUT2D eigenvalue weighted by molar-refractivity contribution is 5.91. The molecule has 2 N–H and O–H groups in total. The molecule has 2 rings (SSSR count). The molecule has 1 saturated heterocycles. The number of aromatic nitrogens is 2. The highest BCUT2D eigenvalue weighted by atomic mass is 35.5. The first-order chi connectivity index (χ1) is 10.9. The maximum atomic E-state index is 12.0. The van der Waals surface area contributed by atoms with Gasteiger partial charge in [-0.1, -0.05) is 0 Å². The van der Waals surface area contributed by atoms with E-state index in [0.29, 0.717) is 31.9 Å². The van der Waals surface area contributed by atoms with Crippen LogP contribution in [0.2, 0.25) is 0 Å². The molecule has 0 radical (unpaired) electrons. The van der Waals surface area contributed by atoms with Crippen LogP contribution in [-0.4, -0.2) is 54.1 Å². The van der Waals surface area contributed by atoms with E-state index in [1.165, 1.54) is 10.9 Å². The van der Waals surface area contributed by atoms with E-state index in [0.717, 1.165) is 6.54 Å². The molecule has 0 aromatic carbocycles. The SMILES string of the molecule is CCOC(=O)C(C)(C)n1cc(NC(=O)CC2COCCN2)cn1.Cl. The summed E-state index contributed by atoms with van der Waals surface area (Å²) in [5, 5.41) is 10.2. The number of nitrogens with one attached hydrogen (secondary N) is 2. The van der Waals surface area contributed by atoms with E-state index in [4.69, 9.17) is 9.47 Å². The Labute approximate surface area is 147 Å². The molecule has 136 valence electrons. The quantitative estimate of drug-likeness (QED) is 0.732. The maximum absolute atomic E-state index is 12.0. The fourth-order valence-electron chi connectivity index (χ4n) is 2.28. The summed E-state index contributed by atoms with van der Waals surface area (Å²) in [6, 6.07) is 0.0229. The molecule has 0 saturated carbocycles. The van der Waals surface area contributed by atoms with Crippen LogP contribution in [0.15, 0.2) is 12.4 Å². The smallest absolute Gasteiger partial charge is 0.333 e. The first-order valence-electron chi connectivity index (χ1n) is 7.77. The largest absolute Gasteiger partial charge is 0.464 e. The first kappa shape index (κ1) is 20.4. The third-order valence-corrected chi connectivity index (χ3v) is 3.64. The lowest BCUT2D eigenvalue weighted by atomic mass is 10.1. The summed E-state index contributed by atoms with van der Waals surface area (Å²) >= 11 is 0. The molecule has 1 aliphatic rings. The van der Waals surface area contributed by atoms with Gasteiger partial charge in [-0.25, -0.2) is 4.79 Å². The third kappa shape index (κ3) is 5.19. The molecule has 1 aliphatic heterocycles. The van der Waals surface area contributed by atoms with E-state index >= 15 is 0 Å². The zero-order valence-electron chi connectivity index (χ0n) is 14.2. The van der Waals surface area contributed by atoms with E-state index in [9.17, 15) is 9.59 Å². The minimum absolute atomic E-state index is 0. The zero-order valence-corrected chi connectivity index (χ0v) is 15.0. The fraction of sp³-hybridized carbons (Fsp3) is 0.667. The molecule has 9 heteroatoms. The van der Waals surface area contributed by atoms with Crippen LogP contribution in [0.5, 0.6) is 0 Å². The zero-order chi connectivity index (χ0) is 16.9. The van der Waals surface area contributed by atoms with E-state index in [1.54, 1.807) is 27.0 Å². The molecule has 1 atom stereocenters. The van der Waals surface area contributed by atoms with Crippen molar-refractivity contribution in [3.8, 4) is 0 Å². The second-order valence-corrected chi connectivity index (χ2v) is 5.93. The second-order valence-electron chi connectivity index (χ2n) is 5.93. The van der Waals surface area contributed by atoms with Gasteiger partial charge in [-0.05, 0) is 20.8 Å². The molecule has 1 amide bonds. The number of morpholine rings is 1. The number of carbonyl (C=O) groups is 2. The Bertz CT molecular complexity index is 555. The summed E-state index contributed by atoms with van der Waals surface area (Å²) in [7, 11) is 0. The molecule has 1 aromatic rings. The molecule has 0 aliphatic carbocycles. The summed E-state index contributed by atoms with van der Waals surface area (Å²) in [6.45, 7) is 7.45. The minimum Gasteiger partial charge on any atom is -0.464 e. The van der Waals surface area contributed by atoms with Gasteiger partial charge in [0.2, 0.25) is 5.91 Å². The average Bonchev–Trinajstić information content (AvgIpc) is 2.97. The van der Waals surface area contributed by atoms with Gasteiger partial charge in [0.25, 0.3) is 0 Å². The van der Waals surface area contributed by atoms with Crippen LogP contribution in [0.1, 0.15) is 27.2 Å². The summed E-state index contributed by atoms with van der Waals surface area (Å²) in [5.74, 6) is -0.494. The number of ether oxygens (including phenoxy) is 2. The number of nitrogens with zero attached hydrogens (tertiary/aromatic N) is 2. The molecule has 0 bridgehead atoms. The van der Waals surface area contributed by atoms with Crippen LogP contribution >= 0.6 is 12.4 Å². The normalized spacial score (nSPS) is 17.7. The van der Waals surface area contributed by atoms with Gasteiger partial charge in [0.1, 0.15) is 0 Å². The lowest BCUT2D eigenvalue weighted by Gasteiger charge is -2.23. The molecular formula is C15H25ClN4O4. The van der Waals surface area contributed by atoms with Crippen molar-refractivity contribution in [1.29, 1.82) is 0 Å². The van der Waals surface area contributed by atoms with Gasteiger partial charge in [-0.15, -0.1) is 12.4 Å². The van der Waals surface area contributed by atoms with Crippen LogP contribution < -0.4 is 10.6 Å². The highest BCUT2D eigenvalue weighted by Crippen LogP contribution is 2.19. The van der Waals surface area contributed by atoms with Crippen molar-refractivity contribution in [2.24, 2.45) is 0 Å². The van der Waals surface area contributed by atoms with Crippen LogP contribution in [0.3, 0.4) is 0 Å². The second kappa shape index (κ2) is 9.00. The van der Waals surface area contributed by atoms with Gasteiger partial charge in [-0.3, -0.25) is 9.48 Å². The van der Waals surface area contributed by atoms with Crippen LogP contribution in [0, 0.1) is 0 Å². The number of hydrogen-bond donors (Lipinski definition) is 2. The Morgan fingerprint density at radius 2 is 2.29 bits per heavy atom. The monoisotopic (exact) mass is 360 g/mol. The lowest BCUT2D eigenvalue weighted by Crippen LogP contribution is -2.43. The molecule has 1 unspecified atom stereocenters. The van der Waals surface area contributed by atoms with Crippen LogP contribution in [0.4, 0.5) is 5.69 Å². The molecule has 24 heavy (non-hydrogen) atoms. The van der Waals surface area contributed by atoms with Crippen molar-refractivity contribution >= 4 is 30.0 Å². The number of amides is 1. The van der Waals surface area contributed by atoms with E-state index in [2.05, 4.69) is 15.7 Å². The van der Waals surface area contributed by atoms with Crippen molar-refractivity contribution < 1.29 is 19.1 Å². The van der Waals surface area contributed by atoms with Crippen molar-refractivity contribution in [1.82, 2.24) is 15.1 Å². The number of carbonyl (C=O) groups excluding carboxylic acids is 2. The van der Waals surface area contributed by atoms with Crippen LogP contribution in [-0.2, 0) is 24.6 Å². The summed E-state index contributed by atoms with van der Waals surface area (Å²) in [4.78, 5) is 24.0. The number of rotatable bonds is 6. The molecule has 1 fully saturated rings. The van der Waals surface area contributed by atoms with E-state index < -0.39 is 5.54 Å². The van der Waals surface area contributed by atoms with Crippen molar-refractivity contribution in [3.05, 3.63) is 12.4 Å². The highest BCUT2D eigenvalue weighted by Gasteiger charge is 2.32. The standard InChI is InChI=1S/C15H24N4O4.ClH/c1-4-23-14(21)15(2,3)19-9-12(8-17-19)18-13(20)7-11-10-22-6-5-16-11;/h8-9,11,16H,4-7,10H2,1-3H3,(H,18,20);1H. The van der Waals surface area contributed by atoms with Gasteiger partial charge in [0.05, 0.1) is 31.7 Å². The predicted octanol–water partition coefficient (Wildman–Crippen LogP) is 0.920. The predicted molar refractivity (Wildman–Crippen MR) is 91.3 cm³/mol. The van der Waals surface area contributed by atoms with Gasteiger partial charge in [0, 0.05) is 25.2 Å². The van der Waals surface area contributed by atoms with Crippen molar-refractivity contribution in [2.75, 3.05) is 31.7 Å². The molecular weight excluding hydrogens is 336 g/mol. The summed E-state index contributed by atoms with van der Waals surface area (Å²) in [6.07, 6.45) is 3.47. The molecule has 2 heterocycles. The Balaban J connectivity index is 0.00000288. The number of halogens is 1.